The van der Waals surface area contributed by atoms with Gasteiger partial charge in [0.2, 0.25) is 0 Å². The molecule has 2 aliphatic rings. The van der Waals surface area contributed by atoms with Crippen molar-refractivity contribution < 1.29 is 0 Å². The lowest BCUT2D eigenvalue weighted by Crippen LogP contribution is -2.29. The van der Waals surface area contributed by atoms with Crippen LogP contribution in [0.15, 0.2) is 42.5 Å². The molecule has 1 heteroatoms. The van der Waals surface area contributed by atoms with Crippen LogP contribution >= 0.6 is 7.92 Å². The van der Waals surface area contributed by atoms with Gasteiger partial charge >= 0.3 is 0 Å². The quantitative estimate of drug-likeness (QED) is 0.223. The van der Waals surface area contributed by atoms with Crippen LogP contribution in [0.4, 0.5) is 0 Å². The first-order valence-corrected chi connectivity index (χ1v) is 17.5. The van der Waals surface area contributed by atoms with Crippen LogP contribution in [0.3, 0.4) is 0 Å². The molecule has 0 spiro atoms. The molecule has 0 radical (unpaired) electrons. The van der Waals surface area contributed by atoms with Gasteiger partial charge in [0.15, 0.2) is 0 Å². The molecule has 0 saturated heterocycles. The van der Waals surface area contributed by atoms with E-state index in [0.717, 1.165) is 17.7 Å². The van der Waals surface area contributed by atoms with Crippen molar-refractivity contribution >= 4 is 13.2 Å². The predicted octanol–water partition coefficient (Wildman–Crippen LogP) is 11.6. The average molecular weight is 531 g/mol. The Morgan fingerprint density at radius 1 is 0.737 bits per heavy atom. The van der Waals surface area contributed by atoms with Gasteiger partial charge in [-0.05, 0) is 107 Å². The predicted molar refractivity (Wildman–Crippen MR) is 173 cm³/mol. The van der Waals surface area contributed by atoms with Gasteiger partial charge in [-0.25, -0.2) is 0 Å². The van der Waals surface area contributed by atoms with Gasteiger partial charge in [0.05, 0.1) is 0 Å². The lowest BCUT2D eigenvalue weighted by Gasteiger charge is -2.41. The van der Waals surface area contributed by atoms with Crippen molar-refractivity contribution in [2.75, 3.05) is 0 Å². The van der Waals surface area contributed by atoms with Gasteiger partial charge < -0.3 is 0 Å². The Balaban J connectivity index is 2.02. The van der Waals surface area contributed by atoms with Gasteiger partial charge in [-0.15, -0.1) is 0 Å². The maximum atomic E-state index is 2.57. The smallest absolute Gasteiger partial charge is 0.00910 e. The van der Waals surface area contributed by atoms with E-state index in [0.29, 0.717) is 17.8 Å². The molecule has 208 valence electrons. The number of rotatable bonds is 9. The Kier molecular flexibility index (Phi) is 10.7. The highest BCUT2D eigenvalue weighted by Gasteiger charge is 2.36. The highest BCUT2D eigenvalue weighted by atomic mass is 31.1. The minimum absolute atomic E-state index is 0.191. The third-order valence-electron chi connectivity index (χ3n) is 9.29. The molecule has 2 saturated carbocycles. The minimum Gasteiger partial charge on any atom is -0.0913 e. The molecule has 0 amide bonds. The molecule has 0 N–H and O–H groups in total. The van der Waals surface area contributed by atoms with Crippen LogP contribution < -0.4 is 5.30 Å². The zero-order chi connectivity index (χ0) is 27.2. The Bertz CT molecular complexity index is 1010. The van der Waals surface area contributed by atoms with Crippen LogP contribution in [-0.2, 0) is 6.42 Å². The SMILES string of the molecule is CC=CCc1cccc(-c2c(C(C)C)cc(C(C)C)cc2C(C)C)c1P(C1CCCCC1)C1CCCCC1. The van der Waals surface area contributed by atoms with Crippen LogP contribution in [0.5, 0.6) is 0 Å². The topological polar surface area (TPSA) is 0 Å². The highest BCUT2D eigenvalue weighted by molar-refractivity contribution is 7.67. The van der Waals surface area contributed by atoms with Crippen molar-refractivity contribution in [1.29, 1.82) is 0 Å². The fourth-order valence-corrected chi connectivity index (χ4v) is 11.3. The first kappa shape index (κ1) is 29.6. The normalized spacial score (nSPS) is 18.1. The average Bonchev–Trinajstić information content (AvgIpc) is 2.92. The van der Waals surface area contributed by atoms with Crippen molar-refractivity contribution in [2.24, 2.45) is 0 Å². The van der Waals surface area contributed by atoms with E-state index in [-0.39, 0.29) is 7.92 Å². The molecule has 0 nitrogen and oxygen atoms in total. The Morgan fingerprint density at radius 2 is 1.26 bits per heavy atom. The number of benzene rings is 2. The van der Waals surface area contributed by atoms with Crippen LogP contribution in [-0.4, -0.2) is 11.3 Å². The largest absolute Gasteiger partial charge is 0.0913 e. The number of hydrogen-bond donors (Lipinski definition) is 0. The molecule has 0 bridgehead atoms. The van der Waals surface area contributed by atoms with Gasteiger partial charge in [-0.1, -0.05) is 130 Å². The summed E-state index contributed by atoms with van der Waals surface area (Å²) in [5, 5.41) is 1.81. The highest BCUT2D eigenvalue weighted by Crippen LogP contribution is 2.57. The van der Waals surface area contributed by atoms with Crippen molar-refractivity contribution in [2.45, 2.75) is 148 Å². The molecule has 0 aliphatic heterocycles. The lowest BCUT2D eigenvalue weighted by atomic mass is 9.81. The van der Waals surface area contributed by atoms with Gasteiger partial charge in [0.1, 0.15) is 0 Å². The molecule has 0 unspecified atom stereocenters. The van der Waals surface area contributed by atoms with E-state index in [1.807, 2.05) is 0 Å². The second kappa shape index (κ2) is 13.8. The van der Waals surface area contributed by atoms with Crippen LogP contribution in [0.25, 0.3) is 11.1 Å². The summed E-state index contributed by atoms with van der Waals surface area (Å²) in [5.41, 5.74) is 11.3. The van der Waals surface area contributed by atoms with E-state index >= 15 is 0 Å². The third-order valence-corrected chi connectivity index (χ3v) is 12.9. The van der Waals surface area contributed by atoms with E-state index in [2.05, 4.69) is 91.0 Å². The molecule has 2 aromatic carbocycles. The summed E-state index contributed by atoms with van der Waals surface area (Å²) in [7, 11) is -0.191. The minimum atomic E-state index is -0.191. The Labute approximate surface area is 236 Å². The Hall–Kier alpha value is -1.39. The molecule has 2 fully saturated rings. The molecule has 2 aromatic rings. The summed E-state index contributed by atoms with van der Waals surface area (Å²) in [6, 6.07) is 12.6. The van der Waals surface area contributed by atoms with Gasteiger partial charge in [0.25, 0.3) is 0 Å². The fraction of sp³-hybridized carbons (Fsp3) is 0.622. The standard InChI is InChI=1S/C37H55P/c1-8-9-17-29-18-16-23-33(36-34(27(4)5)24-30(26(2)3)25-35(36)28(6)7)37(29)38(31-19-12-10-13-20-31)32-21-14-11-15-22-32/h8-9,16,18,23-28,31-32H,10-15,17,19-22H2,1-7H3. The first-order valence-electron chi connectivity index (χ1n) is 16.0. The summed E-state index contributed by atoms with van der Waals surface area (Å²) in [4.78, 5) is 0. The molecule has 0 aromatic heterocycles. The van der Waals surface area contributed by atoms with Gasteiger partial charge in [-0.3, -0.25) is 0 Å². The van der Waals surface area contributed by atoms with Crippen molar-refractivity contribution in [3.8, 4) is 11.1 Å². The van der Waals surface area contributed by atoms with E-state index in [4.69, 9.17) is 0 Å². The van der Waals surface area contributed by atoms with E-state index in [1.165, 1.54) is 69.8 Å². The fourth-order valence-electron chi connectivity index (χ4n) is 7.16. The lowest BCUT2D eigenvalue weighted by molar-refractivity contribution is 0.487. The maximum absolute atomic E-state index is 2.57. The summed E-state index contributed by atoms with van der Waals surface area (Å²) in [6.07, 6.45) is 20.3. The number of hydrogen-bond acceptors (Lipinski definition) is 0. The zero-order valence-corrected chi connectivity index (χ0v) is 26.5. The molecular weight excluding hydrogens is 475 g/mol. The van der Waals surface area contributed by atoms with Crippen molar-refractivity contribution in [3.05, 3.63) is 64.7 Å². The zero-order valence-electron chi connectivity index (χ0n) is 25.7. The first-order chi connectivity index (χ1) is 18.3. The summed E-state index contributed by atoms with van der Waals surface area (Å²) in [5.74, 6) is 1.59. The van der Waals surface area contributed by atoms with E-state index in [1.54, 1.807) is 33.1 Å². The summed E-state index contributed by atoms with van der Waals surface area (Å²) >= 11 is 0. The number of allylic oxidation sites excluding steroid dienone is 2. The van der Waals surface area contributed by atoms with Crippen molar-refractivity contribution in [3.63, 3.8) is 0 Å². The second-order valence-electron chi connectivity index (χ2n) is 13.1. The molecular formula is C37H55P. The molecule has 0 heterocycles. The van der Waals surface area contributed by atoms with Gasteiger partial charge in [-0.2, -0.15) is 0 Å². The van der Waals surface area contributed by atoms with Gasteiger partial charge in [0, 0.05) is 0 Å². The second-order valence-corrected chi connectivity index (χ2v) is 15.8. The molecule has 2 aliphatic carbocycles. The molecule has 38 heavy (non-hydrogen) atoms. The summed E-state index contributed by atoms with van der Waals surface area (Å²) < 4.78 is 0. The van der Waals surface area contributed by atoms with Crippen LogP contribution in [0, 0.1) is 0 Å². The van der Waals surface area contributed by atoms with E-state index < -0.39 is 0 Å². The molecule has 4 rings (SSSR count). The third kappa shape index (κ3) is 6.66. The van der Waals surface area contributed by atoms with E-state index in [9.17, 15) is 0 Å². The Morgan fingerprint density at radius 3 is 1.71 bits per heavy atom. The maximum Gasteiger partial charge on any atom is -0.00910 e. The van der Waals surface area contributed by atoms with Crippen molar-refractivity contribution in [1.82, 2.24) is 0 Å². The monoisotopic (exact) mass is 530 g/mol. The summed E-state index contributed by atoms with van der Waals surface area (Å²) in [6.45, 7) is 16.6. The van der Waals surface area contributed by atoms with Crippen LogP contribution in [0.2, 0.25) is 0 Å². The van der Waals surface area contributed by atoms with Crippen LogP contribution in [0.1, 0.15) is 153 Å². The molecule has 0 atom stereocenters.